The summed E-state index contributed by atoms with van der Waals surface area (Å²) in [6.45, 7) is 10.2. The molecule has 0 fully saturated rings. The highest BCUT2D eigenvalue weighted by atomic mass is 15.1. The molecule has 0 saturated heterocycles. The Labute approximate surface area is 435 Å². The van der Waals surface area contributed by atoms with Gasteiger partial charge in [-0.15, -0.1) is 0 Å². The molecule has 5 heterocycles. The third-order valence-electron chi connectivity index (χ3n) is 16.6. The van der Waals surface area contributed by atoms with Crippen molar-refractivity contribution in [1.82, 2.24) is 9.13 Å². The van der Waals surface area contributed by atoms with E-state index in [1.807, 2.05) is 0 Å². The normalized spacial score (nSPS) is 15.3. The summed E-state index contributed by atoms with van der Waals surface area (Å²) in [5.74, 6) is 0.356. The molecule has 1 aliphatic heterocycles. The Hall–Kier alpha value is -8.34. The lowest BCUT2D eigenvalue weighted by molar-refractivity contribution is -0.828. The van der Waals surface area contributed by atoms with Gasteiger partial charge in [0.25, 0.3) is 0 Å². The predicted molar refractivity (Wildman–Crippen MR) is 308 cm³/mol. The van der Waals surface area contributed by atoms with Crippen LogP contribution in [0.1, 0.15) is 69.1 Å². The van der Waals surface area contributed by atoms with Gasteiger partial charge >= 0.3 is 0 Å². The highest BCUT2D eigenvalue weighted by Crippen LogP contribution is 2.46. The lowest BCUT2D eigenvalue weighted by atomic mass is 9.70. The number of hydrogen-bond acceptors (Lipinski definition) is 0. The Kier molecular flexibility index (Phi) is 11.4. The van der Waals surface area contributed by atoms with E-state index in [-0.39, 0.29) is 5.54 Å². The standard InChI is InChI=1S/C70H62N4/c1-5-8-22-49-35-38-65-57-30-16-15-29-56(57)63(6-2)70(7-3,72(65)46-49)47-71-40-20-19-32-64(71)59-42-52(36-34-48(59)4)50-23-21-24-51(41-50)53-37-39-67-60(43-53)62-44-61-58-31-17-18-33-66(58)73(54-25-11-9-12-26-54)68(61)45-69(62)74(67)55-27-13-10-14-28-55/h9-21,23-46,63H,5-8,22,47H2,1-4H3/q+2. The van der Waals surface area contributed by atoms with Gasteiger partial charge < -0.3 is 9.13 Å². The van der Waals surface area contributed by atoms with Crippen molar-refractivity contribution < 1.29 is 9.13 Å². The fourth-order valence-corrected chi connectivity index (χ4v) is 12.9. The van der Waals surface area contributed by atoms with E-state index in [9.17, 15) is 0 Å². The first kappa shape index (κ1) is 45.5. The Bertz CT molecular complexity index is 4080. The molecule has 74 heavy (non-hydrogen) atoms. The summed E-state index contributed by atoms with van der Waals surface area (Å²) in [5.41, 5.74) is 21.1. The number of pyridine rings is 2. The number of unbranched alkanes of at least 4 members (excludes halogenated alkanes) is 1. The van der Waals surface area contributed by atoms with E-state index in [0.29, 0.717) is 5.92 Å². The van der Waals surface area contributed by atoms with Gasteiger partial charge in [0.05, 0.1) is 28.0 Å². The highest BCUT2D eigenvalue weighted by molar-refractivity contribution is 6.19. The van der Waals surface area contributed by atoms with E-state index in [2.05, 4.69) is 271 Å². The molecule has 0 N–H and O–H groups in total. The predicted octanol–water partition coefficient (Wildman–Crippen LogP) is 17.1. The fourth-order valence-electron chi connectivity index (χ4n) is 12.9. The second kappa shape index (κ2) is 18.6. The fraction of sp³-hybridized carbons (Fsp3) is 0.171. The van der Waals surface area contributed by atoms with Gasteiger partial charge in [0.2, 0.25) is 23.5 Å². The first-order chi connectivity index (χ1) is 36.5. The van der Waals surface area contributed by atoms with E-state index >= 15 is 0 Å². The first-order valence-corrected chi connectivity index (χ1v) is 26.9. The molecule has 0 radical (unpaired) electrons. The zero-order valence-electron chi connectivity index (χ0n) is 43.0. The number of fused-ring (bicyclic) bond motifs is 9. The van der Waals surface area contributed by atoms with Gasteiger partial charge in [-0.25, -0.2) is 0 Å². The van der Waals surface area contributed by atoms with Crippen LogP contribution in [0.3, 0.4) is 0 Å². The van der Waals surface area contributed by atoms with Crippen LogP contribution in [0.25, 0.3) is 99.8 Å². The minimum atomic E-state index is -0.164. The molecule has 4 aromatic heterocycles. The molecule has 8 aromatic carbocycles. The van der Waals surface area contributed by atoms with Crippen molar-refractivity contribution in [3.05, 3.63) is 241 Å². The maximum Gasteiger partial charge on any atom is 0.232 e. The number of benzene rings is 8. The van der Waals surface area contributed by atoms with Gasteiger partial charge in [0.15, 0.2) is 12.4 Å². The van der Waals surface area contributed by atoms with Crippen molar-refractivity contribution >= 4 is 43.6 Å². The average Bonchev–Trinajstić information content (AvgIpc) is 3.96. The van der Waals surface area contributed by atoms with Crippen LogP contribution in [0, 0.1) is 6.92 Å². The van der Waals surface area contributed by atoms with Crippen molar-refractivity contribution in [3.63, 3.8) is 0 Å². The summed E-state index contributed by atoms with van der Waals surface area (Å²) in [6, 6.07) is 79.3. The van der Waals surface area contributed by atoms with Gasteiger partial charge in [-0.2, -0.15) is 9.13 Å². The molecule has 0 spiro atoms. The lowest BCUT2D eigenvalue weighted by Crippen LogP contribution is -2.68. The van der Waals surface area contributed by atoms with Crippen LogP contribution in [0.15, 0.2) is 225 Å². The van der Waals surface area contributed by atoms with E-state index in [4.69, 9.17) is 0 Å². The summed E-state index contributed by atoms with van der Waals surface area (Å²) < 4.78 is 10.1. The lowest BCUT2D eigenvalue weighted by Gasteiger charge is -2.38. The van der Waals surface area contributed by atoms with E-state index in [1.54, 1.807) is 0 Å². The molecule has 2 unspecified atom stereocenters. The Morgan fingerprint density at radius 1 is 0.473 bits per heavy atom. The minimum absolute atomic E-state index is 0.164. The maximum absolute atomic E-state index is 2.70. The zero-order chi connectivity index (χ0) is 49.9. The van der Waals surface area contributed by atoms with Gasteiger partial charge in [-0.05, 0) is 144 Å². The highest BCUT2D eigenvalue weighted by Gasteiger charge is 2.55. The molecule has 1 aliphatic rings. The molecule has 4 heteroatoms. The van der Waals surface area contributed by atoms with Crippen LogP contribution in [0.4, 0.5) is 0 Å². The largest absolute Gasteiger partial charge is 0.309 e. The molecule has 0 saturated carbocycles. The molecule has 360 valence electrons. The second-order valence-corrected chi connectivity index (χ2v) is 20.7. The van der Waals surface area contributed by atoms with Crippen LogP contribution >= 0.6 is 0 Å². The van der Waals surface area contributed by atoms with Gasteiger partial charge in [-0.3, -0.25) is 0 Å². The molecule has 0 bridgehead atoms. The smallest absolute Gasteiger partial charge is 0.232 e. The summed E-state index contributed by atoms with van der Waals surface area (Å²) in [6.07, 6.45) is 10.4. The van der Waals surface area contributed by atoms with Gasteiger partial charge in [0, 0.05) is 74.2 Å². The van der Waals surface area contributed by atoms with Crippen molar-refractivity contribution in [2.24, 2.45) is 0 Å². The molecular formula is C70H62N4+2. The van der Waals surface area contributed by atoms with Crippen molar-refractivity contribution in [2.75, 3.05) is 0 Å². The number of rotatable bonds is 12. The SMILES string of the molecule is CCCCc1ccc2[n+](c1)C(CC)(C[n+]1ccccc1-c1cc(-c3cccc(-c4ccc5c(c4)c4cc6c7ccccc7n(-c7ccccc7)c6cc4n5-c4ccccc4)c3)ccc1C)C(CC)c1ccccc1-2. The van der Waals surface area contributed by atoms with Crippen LogP contribution in [-0.2, 0) is 18.5 Å². The quantitative estimate of drug-likeness (QED) is 0.109. The topological polar surface area (TPSA) is 17.6 Å². The molecular weight excluding hydrogens is 897 g/mol. The molecule has 12 aromatic rings. The Morgan fingerprint density at radius 3 is 1.85 bits per heavy atom. The van der Waals surface area contributed by atoms with E-state index in [1.165, 1.54) is 118 Å². The van der Waals surface area contributed by atoms with E-state index in [0.717, 1.165) is 37.2 Å². The summed E-state index contributed by atoms with van der Waals surface area (Å²) in [4.78, 5) is 0. The average molecular weight is 959 g/mol. The monoisotopic (exact) mass is 958 g/mol. The summed E-state index contributed by atoms with van der Waals surface area (Å²) in [5, 5.41) is 5.00. The second-order valence-electron chi connectivity index (χ2n) is 20.7. The molecule has 4 nitrogen and oxygen atoms in total. The van der Waals surface area contributed by atoms with Crippen LogP contribution in [-0.4, -0.2) is 9.13 Å². The maximum atomic E-state index is 2.70. The van der Waals surface area contributed by atoms with Crippen molar-refractivity contribution in [2.45, 2.75) is 77.8 Å². The summed E-state index contributed by atoms with van der Waals surface area (Å²) >= 11 is 0. The van der Waals surface area contributed by atoms with Crippen LogP contribution in [0.2, 0.25) is 0 Å². The molecule has 2 atom stereocenters. The third-order valence-corrected chi connectivity index (χ3v) is 16.6. The van der Waals surface area contributed by atoms with Gasteiger partial charge in [-0.1, -0.05) is 136 Å². The number of nitrogens with zero attached hydrogens (tertiary/aromatic N) is 4. The number of para-hydroxylation sites is 3. The number of aryl methyl sites for hydroxylation is 2. The van der Waals surface area contributed by atoms with Crippen LogP contribution in [0.5, 0.6) is 0 Å². The van der Waals surface area contributed by atoms with Crippen molar-refractivity contribution in [1.29, 1.82) is 0 Å². The van der Waals surface area contributed by atoms with Gasteiger partial charge in [0.1, 0.15) is 0 Å². The van der Waals surface area contributed by atoms with Crippen molar-refractivity contribution in [3.8, 4) is 56.1 Å². The van der Waals surface area contributed by atoms with Crippen LogP contribution < -0.4 is 9.13 Å². The first-order valence-electron chi connectivity index (χ1n) is 26.9. The Morgan fingerprint density at radius 2 is 1.11 bits per heavy atom. The zero-order valence-corrected chi connectivity index (χ0v) is 43.0. The minimum Gasteiger partial charge on any atom is -0.309 e. The molecule has 13 rings (SSSR count). The number of hydrogen-bond donors (Lipinski definition) is 0. The Balaban J connectivity index is 0.911. The third kappa shape index (κ3) is 7.41. The summed E-state index contributed by atoms with van der Waals surface area (Å²) in [7, 11) is 0. The number of aromatic nitrogens is 4. The van der Waals surface area contributed by atoms with E-state index < -0.39 is 0 Å². The molecule has 0 amide bonds. The molecule has 0 aliphatic carbocycles.